The smallest absolute Gasteiger partial charge is 0.355 e. The summed E-state index contributed by atoms with van der Waals surface area (Å²) >= 11 is 0. The van der Waals surface area contributed by atoms with Gasteiger partial charge < -0.3 is 18.8 Å². The van der Waals surface area contributed by atoms with Gasteiger partial charge in [0.1, 0.15) is 11.4 Å². The third-order valence-electron chi connectivity index (χ3n) is 8.07. The molecule has 3 heterocycles. The maximum Gasteiger partial charge on any atom is 0.355 e. The van der Waals surface area contributed by atoms with E-state index in [0.29, 0.717) is 45.1 Å². The van der Waals surface area contributed by atoms with E-state index in [1.54, 1.807) is 0 Å². The first kappa shape index (κ1) is 27.1. The zero-order valence-corrected chi connectivity index (χ0v) is 24.1. The van der Waals surface area contributed by atoms with E-state index in [1.165, 1.54) is 0 Å². The predicted octanol–water partition coefficient (Wildman–Crippen LogP) is 7.00. The molecule has 1 aliphatic rings. The molecule has 0 unspecified atom stereocenters. The number of aryl methyl sites for hydroxylation is 3. The second-order valence-corrected chi connectivity index (χ2v) is 10.6. The molecule has 0 N–H and O–H groups in total. The number of fused-ring (bicyclic) bond motifs is 3. The van der Waals surface area contributed by atoms with Gasteiger partial charge in [0.25, 0.3) is 0 Å². The van der Waals surface area contributed by atoms with Gasteiger partial charge in [-0.15, -0.1) is 0 Å². The number of rotatable bonds is 7. The van der Waals surface area contributed by atoms with Crippen LogP contribution in [0.2, 0.25) is 0 Å². The summed E-state index contributed by atoms with van der Waals surface area (Å²) in [6.07, 6.45) is 3.27. The average molecular weight is 552 g/mol. The minimum atomic E-state index is -0.270. The van der Waals surface area contributed by atoms with E-state index in [9.17, 15) is 4.79 Å². The fourth-order valence-electron chi connectivity index (χ4n) is 6.11. The van der Waals surface area contributed by atoms with Crippen LogP contribution in [-0.2, 0) is 36.1 Å². The van der Waals surface area contributed by atoms with E-state index in [4.69, 9.17) is 19.3 Å². The third kappa shape index (κ3) is 5.10. The topological polar surface area (TPSA) is 67.5 Å². The van der Waals surface area contributed by atoms with Crippen molar-refractivity contribution in [2.45, 2.75) is 52.7 Å². The van der Waals surface area contributed by atoms with Crippen LogP contribution in [-0.4, -0.2) is 40.1 Å². The van der Waals surface area contributed by atoms with Crippen molar-refractivity contribution in [3.63, 3.8) is 0 Å². The number of benzene rings is 3. The van der Waals surface area contributed by atoms with E-state index in [1.807, 2.05) is 42.9 Å². The monoisotopic (exact) mass is 551 g/mol. The quantitative estimate of drug-likeness (QED) is 0.161. The number of carbonyl (C=O) groups is 1. The standard InChI is InChI=1S/C34H37N3O4/c1-4-40-34(38)33-27(17-11-21-41-30-18-9-13-24-12-5-6-14-25(24)30)26-15-10-16-28-31-23(2)36(3)35-29(31)22-39-20-8-7-19-37(33)32(26)28/h5-6,9-10,12-16,18H,4,7-8,11,17,19-22H2,1-3H3. The number of hydrogen-bond donors (Lipinski definition) is 0. The second-order valence-electron chi connectivity index (χ2n) is 10.6. The molecule has 2 aromatic heterocycles. The number of para-hydroxylation sites is 1. The van der Waals surface area contributed by atoms with Gasteiger partial charge in [0.05, 0.1) is 31.0 Å². The summed E-state index contributed by atoms with van der Waals surface area (Å²) in [5.74, 6) is 0.614. The Morgan fingerprint density at radius 2 is 1.83 bits per heavy atom. The lowest BCUT2D eigenvalue weighted by molar-refractivity contribution is 0.0512. The largest absolute Gasteiger partial charge is 0.493 e. The zero-order valence-electron chi connectivity index (χ0n) is 24.1. The highest BCUT2D eigenvalue weighted by atomic mass is 16.5. The molecule has 0 saturated carbocycles. The minimum absolute atomic E-state index is 0.270. The number of nitrogens with zero attached hydrogens (tertiary/aromatic N) is 3. The molecule has 212 valence electrons. The van der Waals surface area contributed by atoms with Gasteiger partial charge in [0.2, 0.25) is 0 Å². The lowest BCUT2D eigenvalue weighted by Gasteiger charge is -2.13. The van der Waals surface area contributed by atoms with Crippen LogP contribution in [0, 0.1) is 6.92 Å². The summed E-state index contributed by atoms with van der Waals surface area (Å²) in [6.45, 7) is 6.67. The normalized spacial score (nSPS) is 13.6. The maximum absolute atomic E-state index is 13.6. The lowest BCUT2D eigenvalue weighted by atomic mass is 9.98. The Kier molecular flexibility index (Phi) is 7.79. The number of ether oxygens (including phenoxy) is 3. The van der Waals surface area contributed by atoms with E-state index in [-0.39, 0.29) is 5.97 Å². The molecule has 0 amide bonds. The Hall–Kier alpha value is -4.10. The van der Waals surface area contributed by atoms with Crippen molar-refractivity contribution >= 4 is 27.6 Å². The summed E-state index contributed by atoms with van der Waals surface area (Å²) in [5, 5.41) is 8.15. The van der Waals surface area contributed by atoms with E-state index < -0.39 is 0 Å². The molecule has 0 spiro atoms. The molecule has 0 radical (unpaired) electrons. The molecule has 5 aromatic rings. The number of esters is 1. The Labute approximate surface area is 240 Å². The summed E-state index contributed by atoms with van der Waals surface area (Å²) in [5.41, 5.74) is 6.92. The van der Waals surface area contributed by atoms with Gasteiger partial charge in [0, 0.05) is 47.8 Å². The predicted molar refractivity (Wildman–Crippen MR) is 161 cm³/mol. The first-order valence-corrected chi connectivity index (χ1v) is 14.6. The second kappa shape index (κ2) is 11.8. The Morgan fingerprint density at radius 3 is 2.71 bits per heavy atom. The summed E-state index contributed by atoms with van der Waals surface area (Å²) in [7, 11) is 1.97. The third-order valence-corrected chi connectivity index (χ3v) is 8.07. The van der Waals surface area contributed by atoms with Crippen molar-refractivity contribution in [1.82, 2.24) is 14.3 Å². The van der Waals surface area contributed by atoms with Crippen molar-refractivity contribution in [2.75, 3.05) is 19.8 Å². The van der Waals surface area contributed by atoms with Gasteiger partial charge >= 0.3 is 5.97 Å². The van der Waals surface area contributed by atoms with Gasteiger partial charge in [-0.3, -0.25) is 4.68 Å². The zero-order chi connectivity index (χ0) is 28.3. The van der Waals surface area contributed by atoms with Gasteiger partial charge in [-0.2, -0.15) is 5.10 Å². The van der Waals surface area contributed by atoms with Crippen LogP contribution in [0.1, 0.15) is 53.6 Å². The summed E-state index contributed by atoms with van der Waals surface area (Å²) in [4.78, 5) is 13.6. The molecule has 41 heavy (non-hydrogen) atoms. The van der Waals surface area contributed by atoms with Gasteiger partial charge in [-0.1, -0.05) is 54.6 Å². The highest BCUT2D eigenvalue weighted by Gasteiger charge is 2.27. The molecule has 6 rings (SSSR count). The summed E-state index contributed by atoms with van der Waals surface area (Å²) in [6, 6.07) is 20.8. The number of hydrogen-bond acceptors (Lipinski definition) is 5. The molecule has 0 fully saturated rings. The van der Waals surface area contributed by atoms with Crippen LogP contribution in [0.15, 0.2) is 60.7 Å². The number of carbonyl (C=O) groups excluding carboxylic acids is 1. The Balaban J connectivity index is 1.42. The molecule has 0 bridgehead atoms. The van der Waals surface area contributed by atoms with Gasteiger partial charge in [-0.05, 0) is 56.5 Å². The van der Waals surface area contributed by atoms with Crippen molar-refractivity contribution in [3.8, 4) is 16.9 Å². The fourth-order valence-corrected chi connectivity index (χ4v) is 6.11. The van der Waals surface area contributed by atoms with Crippen LogP contribution >= 0.6 is 0 Å². The van der Waals surface area contributed by atoms with E-state index >= 15 is 0 Å². The van der Waals surface area contributed by atoms with Crippen molar-refractivity contribution < 1.29 is 19.0 Å². The highest BCUT2D eigenvalue weighted by molar-refractivity contribution is 6.05. The average Bonchev–Trinajstić information content (AvgIpc) is 3.44. The molecular formula is C34H37N3O4. The molecule has 3 aromatic carbocycles. The SMILES string of the molecule is CCOC(=O)c1c(CCCOc2cccc3ccccc23)c2cccc3c2n1CCCCOCc1nn(C)c(C)c1-3. The van der Waals surface area contributed by atoms with Crippen LogP contribution in [0.25, 0.3) is 32.8 Å². The molecule has 0 atom stereocenters. The fraction of sp³-hybridized carbons (Fsp3) is 0.353. The Morgan fingerprint density at radius 1 is 1.02 bits per heavy atom. The maximum atomic E-state index is 13.6. The minimum Gasteiger partial charge on any atom is -0.493 e. The van der Waals surface area contributed by atoms with Crippen molar-refractivity contribution in [3.05, 3.63) is 83.3 Å². The molecule has 7 nitrogen and oxygen atoms in total. The first-order valence-electron chi connectivity index (χ1n) is 14.6. The first-order chi connectivity index (χ1) is 20.1. The van der Waals surface area contributed by atoms with Crippen molar-refractivity contribution in [1.29, 1.82) is 0 Å². The lowest BCUT2D eigenvalue weighted by Crippen LogP contribution is -2.15. The van der Waals surface area contributed by atoms with Crippen molar-refractivity contribution in [2.24, 2.45) is 7.05 Å². The van der Waals surface area contributed by atoms with E-state index in [0.717, 1.165) is 74.8 Å². The van der Waals surface area contributed by atoms with Gasteiger partial charge in [0.15, 0.2) is 0 Å². The van der Waals surface area contributed by atoms with Crippen LogP contribution < -0.4 is 4.74 Å². The molecule has 0 saturated heterocycles. The highest BCUT2D eigenvalue weighted by Crippen LogP contribution is 2.39. The molecule has 1 aliphatic heterocycles. The van der Waals surface area contributed by atoms with Gasteiger partial charge in [-0.25, -0.2) is 4.79 Å². The van der Waals surface area contributed by atoms with Crippen LogP contribution in [0.3, 0.4) is 0 Å². The van der Waals surface area contributed by atoms with E-state index in [2.05, 4.69) is 47.9 Å². The molecule has 0 aliphatic carbocycles. The number of aromatic nitrogens is 3. The molecular weight excluding hydrogens is 514 g/mol. The Bertz CT molecular complexity index is 1710. The van der Waals surface area contributed by atoms with Crippen LogP contribution in [0.4, 0.5) is 0 Å². The molecule has 7 heteroatoms. The summed E-state index contributed by atoms with van der Waals surface area (Å²) < 4.78 is 22.0. The van der Waals surface area contributed by atoms with Crippen LogP contribution in [0.5, 0.6) is 5.75 Å².